The van der Waals surface area contributed by atoms with Crippen LogP contribution in [0.25, 0.3) is 11.0 Å². The van der Waals surface area contributed by atoms with Gasteiger partial charge in [0.2, 0.25) is 0 Å². The SMILES string of the molecule is CCOC(=O)c1cc(NCc2ccco2)nc2c1c(C)nn2Cc1ccc(Oc2ccccc2)cc1. The number of para-hydroxylation sites is 1. The van der Waals surface area contributed by atoms with Crippen molar-refractivity contribution in [2.45, 2.75) is 26.9 Å². The Morgan fingerprint density at radius 2 is 1.81 bits per heavy atom. The van der Waals surface area contributed by atoms with Gasteiger partial charge in [0, 0.05) is 0 Å². The maximum Gasteiger partial charge on any atom is 0.339 e. The van der Waals surface area contributed by atoms with Gasteiger partial charge in [0.15, 0.2) is 5.65 Å². The molecule has 3 heterocycles. The number of ether oxygens (including phenoxy) is 2. The lowest BCUT2D eigenvalue weighted by molar-refractivity contribution is 0.0528. The fraction of sp³-hybridized carbons (Fsp3) is 0.179. The van der Waals surface area contributed by atoms with E-state index in [1.54, 1.807) is 23.9 Å². The normalized spacial score (nSPS) is 10.9. The van der Waals surface area contributed by atoms with Crippen molar-refractivity contribution in [1.29, 1.82) is 0 Å². The van der Waals surface area contributed by atoms with Gasteiger partial charge in [-0.3, -0.25) is 0 Å². The van der Waals surface area contributed by atoms with Gasteiger partial charge in [-0.1, -0.05) is 30.3 Å². The smallest absolute Gasteiger partial charge is 0.339 e. The molecule has 0 spiro atoms. The number of fused-ring (bicyclic) bond motifs is 1. The summed E-state index contributed by atoms with van der Waals surface area (Å²) in [5.74, 6) is 2.42. The summed E-state index contributed by atoms with van der Waals surface area (Å²) in [6.45, 7) is 4.85. The van der Waals surface area contributed by atoms with Gasteiger partial charge in [0.1, 0.15) is 23.1 Å². The predicted molar refractivity (Wildman–Crippen MR) is 136 cm³/mol. The van der Waals surface area contributed by atoms with Crippen LogP contribution in [-0.2, 0) is 17.8 Å². The Kier molecular flexibility index (Phi) is 6.66. The maximum atomic E-state index is 12.8. The van der Waals surface area contributed by atoms with E-state index in [1.165, 1.54) is 0 Å². The van der Waals surface area contributed by atoms with E-state index in [0.29, 0.717) is 41.2 Å². The molecular weight excluding hydrogens is 456 g/mol. The van der Waals surface area contributed by atoms with Gasteiger partial charge < -0.3 is 19.2 Å². The number of nitrogens with one attached hydrogen (secondary N) is 1. The first-order chi connectivity index (χ1) is 17.6. The van der Waals surface area contributed by atoms with E-state index in [4.69, 9.17) is 24.0 Å². The predicted octanol–water partition coefficient (Wildman–Crippen LogP) is 5.96. The molecule has 0 amide bonds. The molecule has 0 aliphatic heterocycles. The zero-order chi connectivity index (χ0) is 24.9. The van der Waals surface area contributed by atoms with Crippen molar-refractivity contribution in [3.63, 3.8) is 0 Å². The second-order valence-corrected chi connectivity index (χ2v) is 8.21. The van der Waals surface area contributed by atoms with Gasteiger partial charge in [-0.25, -0.2) is 14.5 Å². The van der Waals surface area contributed by atoms with Crippen molar-refractivity contribution in [1.82, 2.24) is 14.8 Å². The van der Waals surface area contributed by atoms with E-state index in [-0.39, 0.29) is 6.61 Å². The van der Waals surface area contributed by atoms with Gasteiger partial charge in [0.25, 0.3) is 0 Å². The lowest BCUT2D eigenvalue weighted by Gasteiger charge is -2.10. The van der Waals surface area contributed by atoms with Gasteiger partial charge >= 0.3 is 5.97 Å². The summed E-state index contributed by atoms with van der Waals surface area (Å²) in [7, 11) is 0. The minimum absolute atomic E-state index is 0.280. The summed E-state index contributed by atoms with van der Waals surface area (Å²) >= 11 is 0. The number of benzene rings is 2. The molecule has 0 radical (unpaired) electrons. The Bertz CT molecular complexity index is 1460. The van der Waals surface area contributed by atoms with Crippen LogP contribution in [0.1, 0.15) is 34.3 Å². The molecule has 5 rings (SSSR count). The quantitative estimate of drug-likeness (QED) is 0.259. The van der Waals surface area contributed by atoms with Gasteiger partial charge in [-0.05, 0) is 61.9 Å². The van der Waals surface area contributed by atoms with Crippen molar-refractivity contribution in [2.75, 3.05) is 11.9 Å². The zero-order valence-electron chi connectivity index (χ0n) is 20.1. The van der Waals surface area contributed by atoms with Crippen LogP contribution in [0.5, 0.6) is 11.5 Å². The number of anilines is 1. The molecular formula is C28H26N4O4. The molecule has 0 fully saturated rings. The average molecular weight is 483 g/mol. The molecule has 8 nitrogen and oxygen atoms in total. The maximum absolute atomic E-state index is 12.8. The number of nitrogens with zero attached hydrogens (tertiary/aromatic N) is 3. The highest BCUT2D eigenvalue weighted by molar-refractivity contribution is 6.04. The van der Waals surface area contributed by atoms with E-state index in [1.807, 2.05) is 73.7 Å². The minimum atomic E-state index is -0.406. The molecule has 0 saturated heterocycles. The molecule has 3 aromatic heterocycles. The Morgan fingerprint density at radius 3 is 2.53 bits per heavy atom. The van der Waals surface area contributed by atoms with E-state index >= 15 is 0 Å². The standard InChI is InChI=1S/C28H26N4O4/c1-3-34-28(33)24-16-25(29-17-23-10-7-15-35-23)30-27-26(24)19(2)31-32(27)18-20-11-13-22(14-12-20)36-21-8-5-4-6-9-21/h4-16H,3,17-18H2,1-2H3,(H,29,30). The number of aromatic nitrogens is 3. The number of rotatable bonds is 9. The molecule has 0 aliphatic carbocycles. The second-order valence-electron chi connectivity index (χ2n) is 8.21. The Hall–Kier alpha value is -4.59. The molecule has 182 valence electrons. The largest absolute Gasteiger partial charge is 0.467 e. The molecule has 0 unspecified atom stereocenters. The van der Waals surface area contributed by atoms with Crippen LogP contribution < -0.4 is 10.1 Å². The third-order valence-corrected chi connectivity index (χ3v) is 5.63. The van der Waals surface area contributed by atoms with Crippen LogP contribution in [0, 0.1) is 6.92 Å². The van der Waals surface area contributed by atoms with Gasteiger partial charge in [-0.2, -0.15) is 5.10 Å². The summed E-state index contributed by atoms with van der Waals surface area (Å²) in [5.41, 5.74) is 2.76. The van der Waals surface area contributed by atoms with E-state index in [2.05, 4.69) is 5.32 Å². The monoisotopic (exact) mass is 482 g/mol. The summed E-state index contributed by atoms with van der Waals surface area (Å²) < 4.78 is 18.4. The van der Waals surface area contributed by atoms with Crippen LogP contribution in [0.15, 0.2) is 83.5 Å². The topological polar surface area (TPSA) is 91.4 Å². The number of pyridine rings is 1. The third-order valence-electron chi connectivity index (χ3n) is 5.63. The Balaban J connectivity index is 1.44. The van der Waals surface area contributed by atoms with Crippen molar-refractivity contribution in [3.05, 3.63) is 102 Å². The second kappa shape index (κ2) is 10.4. The van der Waals surface area contributed by atoms with Crippen LogP contribution in [0.3, 0.4) is 0 Å². The van der Waals surface area contributed by atoms with E-state index in [9.17, 15) is 4.79 Å². The van der Waals surface area contributed by atoms with Crippen molar-refractivity contribution in [3.8, 4) is 11.5 Å². The number of carbonyl (C=O) groups is 1. The summed E-state index contributed by atoms with van der Waals surface area (Å²) in [6.07, 6.45) is 1.62. The molecule has 0 bridgehead atoms. The van der Waals surface area contributed by atoms with Crippen LogP contribution in [-0.4, -0.2) is 27.3 Å². The minimum Gasteiger partial charge on any atom is -0.467 e. The van der Waals surface area contributed by atoms with Crippen LogP contribution >= 0.6 is 0 Å². The molecule has 2 aromatic carbocycles. The molecule has 8 heteroatoms. The first kappa shape index (κ1) is 23.2. The molecule has 0 atom stereocenters. The molecule has 0 saturated carbocycles. The number of aryl methyl sites for hydroxylation is 1. The fourth-order valence-electron chi connectivity index (χ4n) is 3.98. The van der Waals surface area contributed by atoms with Gasteiger partial charge in [-0.15, -0.1) is 0 Å². The van der Waals surface area contributed by atoms with Crippen molar-refractivity contribution < 1.29 is 18.7 Å². The Morgan fingerprint density at radius 1 is 1.03 bits per heavy atom. The molecule has 1 N–H and O–H groups in total. The van der Waals surface area contributed by atoms with Crippen molar-refractivity contribution in [2.24, 2.45) is 0 Å². The number of esters is 1. The molecule has 0 aliphatic rings. The highest BCUT2D eigenvalue weighted by Gasteiger charge is 2.21. The number of hydrogen-bond acceptors (Lipinski definition) is 7. The molecule has 36 heavy (non-hydrogen) atoms. The van der Waals surface area contributed by atoms with E-state index in [0.717, 1.165) is 22.8 Å². The summed E-state index contributed by atoms with van der Waals surface area (Å²) in [4.78, 5) is 17.6. The fourth-order valence-corrected chi connectivity index (χ4v) is 3.98. The summed E-state index contributed by atoms with van der Waals surface area (Å²) in [6, 6.07) is 22.9. The van der Waals surface area contributed by atoms with Crippen molar-refractivity contribution >= 4 is 22.8 Å². The lowest BCUT2D eigenvalue weighted by atomic mass is 10.1. The number of hydrogen-bond donors (Lipinski definition) is 1. The first-order valence-electron chi connectivity index (χ1n) is 11.7. The highest BCUT2D eigenvalue weighted by atomic mass is 16.5. The first-order valence-corrected chi connectivity index (χ1v) is 11.7. The third kappa shape index (κ3) is 5.07. The number of carbonyl (C=O) groups excluding carboxylic acids is 1. The lowest BCUT2D eigenvalue weighted by Crippen LogP contribution is -2.10. The van der Waals surface area contributed by atoms with Crippen LogP contribution in [0.2, 0.25) is 0 Å². The Labute approximate surface area is 208 Å². The van der Waals surface area contributed by atoms with Gasteiger partial charge in [0.05, 0.1) is 42.6 Å². The van der Waals surface area contributed by atoms with E-state index < -0.39 is 5.97 Å². The zero-order valence-corrected chi connectivity index (χ0v) is 20.1. The molecule has 5 aromatic rings. The highest BCUT2D eigenvalue weighted by Crippen LogP contribution is 2.27. The number of furan rings is 1. The summed E-state index contributed by atoms with van der Waals surface area (Å²) in [5, 5.41) is 8.62. The van der Waals surface area contributed by atoms with Crippen LogP contribution in [0.4, 0.5) is 5.82 Å². The average Bonchev–Trinajstić information content (AvgIpc) is 3.52.